The highest BCUT2D eigenvalue weighted by Crippen LogP contribution is 2.31. The Morgan fingerprint density at radius 3 is 1.93 bits per heavy atom. The average Bonchev–Trinajstić information content (AvgIpc) is 2.69. The summed E-state index contributed by atoms with van der Waals surface area (Å²) in [6, 6.07) is 10.6. The largest absolute Gasteiger partial charge is 0.496 e. The predicted molar refractivity (Wildman–Crippen MR) is 111 cm³/mol. The molecule has 3 rings (SSSR count). The van der Waals surface area contributed by atoms with Crippen LogP contribution in [0.1, 0.15) is 33.9 Å². The molecule has 0 bridgehead atoms. The van der Waals surface area contributed by atoms with Crippen molar-refractivity contribution in [2.75, 3.05) is 7.11 Å². The SMILES string of the molecule is COc1c(C)cc([C@H](C(=O)O)N(Cc2cccnc2)Cc2cccnc2)cc1C. The van der Waals surface area contributed by atoms with Gasteiger partial charge in [-0.05, 0) is 53.8 Å². The van der Waals surface area contributed by atoms with E-state index in [1.165, 1.54) is 0 Å². The highest BCUT2D eigenvalue weighted by atomic mass is 16.5. The van der Waals surface area contributed by atoms with Gasteiger partial charge in [-0.3, -0.25) is 19.7 Å². The third kappa shape index (κ3) is 4.97. The highest BCUT2D eigenvalue weighted by molar-refractivity contribution is 5.76. The minimum atomic E-state index is -0.901. The molecule has 0 amide bonds. The maximum Gasteiger partial charge on any atom is 0.325 e. The lowest BCUT2D eigenvalue weighted by Crippen LogP contribution is -2.33. The van der Waals surface area contributed by atoms with Crippen LogP contribution in [0.3, 0.4) is 0 Å². The Bertz CT molecular complexity index is 897. The maximum atomic E-state index is 12.4. The van der Waals surface area contributed by atoms with E-state index < -0.39 is 12.0 Å². The second-order valence-electron chi connectivity index (χ2n) is 7.06. The van der Waals surface area contributed by atoms with E-state index in [-0.39, 0.29) is 0 Å². The molecule has 0 aliphatic carbocycles. The Balaban J connectivity index is 2.03. The number of aliphatic carboxylic acids is 1. The van der Waals surface area contributed by atoms with Crippen molar-refractivity contribution < 1.29 is 14.6 Å². The number of aromatic nitrogens is 2. The highest BCUT2D eigenvalue weighted by Gasteiger charge is 2.29. The summed E-state index contributed by atoms with van der Waals surface area (Å²) < 4.78 is 5.45. The molecule has 0 saturated heterocycles. The van der Waals surface area contributed by atoms with Crippen molar-refractivity contribution in [1.82, 2.24) is 14.9 Å². The first-order chi connectivity index (χ1) is 14.0. The van der Waals surface area contributed by atoms with E-state index in [0.717, 1.165) is 33.6 Å². The summed E-state index contributed by atoms with van der Waals surface area (Å²) in [5.41, 5.74) is 4.45. The molecule has 1 aromatic carbocycles. The van der Waals surface area contributed by atoms with Gasteiger partial charge in [-0.25, -0.2) is 0 Å². The summed E-state index contributed by atoms with van der Waals surface area (Å²) in [4.78, 5) is 22.7. The normalized spacial score (nSPS) is 12.0. The van der Waals surface area contributed by atoms with E-state index in [9.17, 15) is 9.90 Å². The molecule has 150 valence electrons. The van der Waals surface area contributed by atoms with Gasteiger partial charge in [0.1, 0.15) is 11.8 Å². The second-order valence-corrected chi connectivity index (χ2v) is 7.06. The lowest BCUT2D eigenvalue weighted by atomic mass is 9.98. The molecule has 0 aliphatic heterocycles. The number of carboxylic acids is 1. The smallest absolute Gasteiger partial charge is 0.325 e. The maximum absolute atomic E-state index is 12.4. The molecule has 0 aliphatic rings. The number of pyridine rings is 2. The lowest BCUT2D eigenvalue weighted by Gasteiger charge is -2.30. The molecule has 0 spiro atoms. The van der Waals surface area contributed by atoms with Crippen molar-refractivity contribution in [3.05, 3.63) is 89.0 Å². The Labute approximate surface area is 170 Å². The standard InChI is InChI=1S/C23H25N3O3/c1-16-10-20(11-17(2)22(16)29-3)21(23(27)28)26(14-18-6-4-8-24-12-18)15-19-7-5-9-25-13-19/h4-13,21H,14-15H2,1-3H3,(H,27,28)/t21-/m1/s1. The Hall–Kier alpha value is -3.25. The molecule has 1 atom stereocenters. The number of hydrogen-bond donors (Lipinski definition) is 1. The zero-order chi connectivity index (χ0) is 20.8. The van der Waals surface area contributed by atoms with Gasteiger partial charge in [0, 0.05) is 37.9 Å². The Morgan fingerprint density at radius 2 is 1.55 bits per heavy atom. The van der Waals surface area contributed by atoms with E-state index >= 15 is 0 Å². The van der Waals surface area contributed by atoms with Crippen molar-refractivity contribution in [2.24, 2.45) is 0 Å². The molecule has 29 heavy (non-hydrogen) atoms. The fraction of sp³-hybridized carbons (Fsp3) is 0.261. The van der Waals surface area contributed by atoms with E-state index in [0.29, 0.717) is 13.1 Å². The van der Waals surface area contributed by atoms with Crippen molar-refractivity contribution in [3.8, 4) is 5.75 Å². The number of methoxy groups -OCH3 is 1. The van der Waals surface area contributed by atoms with Crippen LogP contribution in [-0.4, -0.2) is 33.1 Å². The van der Waals surface area contributed by atoms with Crippen LogP contribution in [0, 0.1) is 13.8 Å². The van der Waals surface area contributed by atoms with Gasteiger partial charge in [-0.2, -0.15) is 0 Å². The van der Waals surface area contributed by atoms with Gasteiger partial charge in [0.05, 0.1) is 7.11 Å². The van der Waals surface area contributed by atoms with Gasteiger partial charge in [0.2, 0.25) is 0 Å². The molecule has 2 aromatic heterocycles. The van der Waals surface area contributed by atoms with Crippen molar-refractivity contribution in [2.45, 2.75) is 33.0 Å². The molecule has 0 unspecified atom stereocenters. The number of ether oxygens (including phenoxy) is 1. The lowest BCUT2D eigenvalue weighted by molar-refractivity contribution is -0.144. The third-order valence-corrected chi connectivity index (χ3v) is 4.82. The van der Waals surface area contributed by atoms with Gasteiger partial charge < -0.3 is 9.84 Å². The van der Waals surface area contributed by atoms with Crippen LogP contribution in [0.2, 0.25) is 0 Å². The molecule has 1 N–H and O–H groups in total. The number of nitrogens with zero attached hydrogens (tertiary/aromatic N) is 3. The quantitative estimate of drug-likeness (QED) is 0.627. The number of carbonyl (C=O) groups is 1. The number of carboxylic acid groups (broad SMARTS) is 1. The molecule has 0 saturated carbocycles. The summed E-state index contributed by atoms with van der Waals surface area (Å²) in [6.07, 6.45) is 6.94. The van der Waals surface area contributed by atoms with Crippen LogP contribution >= 0.6 is 0 Å². The molecule has 0 radical (unpaired) electrons. The molecule has 2 heterocycles. The van der Waals surface area contributed by atoms with Gasteiger partial charge in [0.15, 0.2) is 0 Å². The van der Waals surface area contributed by atoms with Gasteiger partial charge >= 0.3 is 5.97 Å². The fourth-order valence-electron chi connectivity index (χ4n) is 3.66. The summed E-state index contributed by atoms with van der Waals surface area (Å²) in [7, 11) is 1.63. The van der Waals surface area contributed by atoms with E-state index in [4.69, 9.17) is 4.74 Å². The summed E-state index contributed by atoms with van der Waals surface area (Å²) >= 11 is 0. The Morgan fingerprint density at radius 1 is 1.03 bits per heavy atom. The first-order valence-corrected chi connectivity index (χ1v) is 9.39. The van der Waals surface area contributed by atoms with E-state index in [1.807, 2.05) is 55.1 Å². The van der Waals surface area contributed by atoms with Crippen LogP contribution in [-0.2, 0) is 17.9 Å². The number of rotatable bonds is 8. The average molecular weight is 391 g/mol. The van der Waals surface area contributed by atoms with Gasteiger partial charge in [-0.15, -0.1) is 0 Å². The monoisotopic (exact) mass is 391 g/mol. The van der Waals surface area contributed by atoms with Crippen molar-refractivity contribution in [1.29, 1.82) is 0 Å². The molecule has 6 nitrogen and oxygen atoms in total. The summed E-state index contributed by atoms with van der Waals surface area (Å²) in [5.74, 6) is -0.120. The summed E-state index contributed by atoms with van der Waals surface area (Å²) in [5, 5.41) is 10.2. The minimum Gasteiger partial charge on any atom is -0.496 e. The molecular formula is C23H25N3O3. The van der Waals surface area contributed by atoms with Crippen LogP contribution in [0.15, 0.2) is 61.2 Å². The van der Waals surface area contributed by atoms with Crippen molar-refractivity contribution >= 4 is 5.97 Å². The number of aryl methyl sites for hydroxylation is 2. The van der Waals surface area contributed by atoms with Crippen molar-refractivity contribution in [3.63, 3.8) is 0 Å². The minimum absolute atomic E-state index is 0.448. The zero-order valence-corrected chi connectivity index (χ0v) is 16.9. The van der Waals surface area contributed by atoms with E-state index in [1.54, 1.807) is 31.9 Å². The van der Waals surface area contributed by atoms with Crippen LogP contribution in [0.4, 0.5) is 0 Å². The molecular weight excluding hydrogens is 366 g/mol. The van der Waals surface area contributed by atoms with Crippen LogP contribution in [0.25, 0.3) is 0 Å². The summed E-state index contributed by atoms with van der Waals surface area (Å²) in [6.45, 7) is 4.76. The zero-order valence-electron chi connectivity index (χ0n) is 16.9. The predicted octanol–water partition coefficient (Wildman–Crippen LogP) is 3.93. The Kier molecular flexibility index (Phi) is 6.57. The topological polar surface area (TPSA) is 75.6 Å². The number of benzene rings is 1. The second kappa shape index (κ2) is 9.30. The first-order valence-electron chi connectivity index (χ1n) is 9.39. The van der Waals surface area contributed by atoms with Gasteiger partial charge in [-0.1, -0.05) is 24.3 Å². The third-order valence-electron chi connectivity index (χ3n) is 4.82. The van der Waals surface area contributed by atoms with Crippen LogP contribution < -0.4 is 4.74 Å². The molecule has 0 fully saturated rings. The number of hydrogen-bond acceptors (Lipinski definition) is 5. The van der Waals surface area contributed by atoms with Gasteiger partial charge in [0.25, 0.3) is 0 Å². The molecule has 3 aromatic rings. The fourth-order valence-corrected chi connectivity index (χ4v) is 3.66. The first kappa shape index (κ1) is 20.5. The van der Waals surface area contributed by atoms with E-state index in [2.05, 4.69) is 9.97 Å². The molecule has 6 heteroatoms. The van der Waals surface area contributed by atoms with Crippen LogP contribution in [0.5, 0.6) is 5.75 Å².